The van der Waals surface area contributed by atoms with Crippen LogP contribution in [0, 0.1) is 5.41 Å². The van der Waals surface area contributed by atoms with E-state index in [9.17, 15) is 9.59 Å². The number of carboxylic acid groups (broad SMARTS) is 1. The molecule has 0 saturated carbocycles. The molecule has 96 valence electrons. The quantitative estimate of drug-likeness (QED) is 0.759. The summed E-state index contributed by atoms with van der Waals surface area (Å²) in [5.41, 5.74) is 0.265. The summed E-state index contributed by atoms with van der Waals surface area (Å²) < 4.78 is 0. The maximum atomic E-state index is 11.2. The van der Waals surface area contributed by atoms with Crippen LogP contribution < -0.4 is 0 Å². The van der Waals surface area contributed by atoms with Crippen molar-refractivity contribution in [3.63, 3.8) is 0 Å². The third-order valence-corrected chi connectivity index (χ3v) is 4.15. The fourth-order valence-corrected chi connectivity index (χ4v) is 3.06. The number of rotatable bonds is 2. The van der Waals surface area contributed by atoms with Crippen LogP contribution in [0.15, 0.2) is 0 Å². The van der Waals surface area contributed by atoms with E-state index in [1.165, 1.54) is 0 Å². The van der Waals surface area contributed by atoms with Gasteiger partial charge in [0.15, 0.2) is 0 Å². The number of carboxylic acids is 1. The van der Waals surface area contributed by atoms with Crippen LogP contribution >= 0.6 is 0 Å². The van der Waals surface area contributed by atoms with Gasteiger partial charge in [0.1, 0.15) is 0 Å². The maximum Gasteiger partial charge on any atom is 0.317 e. The summed E-state index contributed by atoms with van der Waals surface area (Å²) in [4.78, 5) is 25.8. The average molecular weight is 240 g/mol. The number of aliphatic carboxylic acids is 1. The molecule has 2 aliphatic rings. The Morgan fingerprint density at radius 2 is 1.76 bits per heavy atom. The van der Waals surface area contributed by atoms with Crippen LogP contribution in [0.1, 0.15) is 26.2 Å². The Morgan fingerprint density at radius 1 is 1.18 bits per heavy atom. The number of amides is 1. The Balaban J connectivity index is 1.87. The Kier molecular flexibility index (Phi) is 3.38. The number of nitrogens with zero attached hydrogens (tertiary/aromatic N) is 2. The van der Waals surface area contributed by atoms with Crippen molar-refractivity contribution >= 4 is 11.9 Å². The molecule has 2 fully saturated rings. The molecule has 2 aliphatic heterocycles. The summed E-state index contributed by atoms with van der Waals surface area (Å²) in [6.07, 6.45) is 3.11. The molecule has 0 unspecified atom stereocenters. The Hall–Kier alpha value is -1.10. The van der Waals surface area contributed by atoms with E-state index in [-0.39, 0.29) is 17.9 Å². The van der Waals surface area contributed by atoms with Crippen LogP contribution in [0.5, 0.6) is 0 Å². The first-order valence-corrected chi connectivity index (χ1v) is 6.20. The first kappa shape index (κ1) is 12.4. The van der Waals surface area contributed by atoms with Gasteiger partial charge < -0.3 is 10.0 Å². The second-order valence-corrected chi connectivity index (χ2v) is 5.36. The van der Waals surface area contributed by atoms with Crippen molar-refractivity contribution in [3.05, 3.63) is 0 Å². The van der Waals surface area contributed by atoms with Gasteiger partial charge in [-0.15, -0.1) is 0 Å². The van der Waals surface area contributed by atoms with E-state index in [4.69, 9.17) is 5.11 Å². The molecule has 0 bridgehead atoms. The zero-order chi connectivity index (χ0) is 12.5. The van der Waals surface area contributed by atoms with Crippen LogP contribution in [-0.2, 0) is 9.59 Å². The predicted octanol–water partition coefficient (Wildman–Crippen LogP) is 0.405. The topological polar surface area (TPSA) is 60.9 Å². The third-order valence-electron chi connectivity index (χ3n) is 4.15. The Labute approximate surface area is 101 Å². The molecule has 1 spiro atoms. The van der Waals surface area contributed by atoms with Gasteiger partial charge in [-0.05, 0) is 31.2 Å². The van der Waals surface area contributed by atoms with Crippen LogP contribution in [0.4, 0.5) is 0 Å². The highest BCUT2D eigenvalue weighted by Gasteiger charge is 2.41. The van der Waals surface area contributed by atoms with Gasteiger partial charge in [0.05, 0.1) is 6.54 Å². The van der Waals surface area contributed by atoms with Crippen molar-refractivity contribution in [2.75, 3.05) is 32.7 Å². The summed E-state index contributed by atoms with van der Waals surface area (Å²) in [6, 6.07) is 0. The summed E-state index contributed by atoms with van der Waals surface area (Å²) in [5.74, 6) is -0.594. The fraction of sp³-hybridized carbons (Fsp3) is 0.833. The molecule has 1 amide bonds. The Bertz CT molecular complexity index is 322. The highest BCUT2D eigenvalue weighted by Crippen LogP contribution is 2.40. The minimum Gasteiger partial charge on any atom is -0.480 e. The lowest BCUT2D eigenvalue weighted by Crippen LogP contribution is -2.43. The first-order valence-electron chi connectivity index (χ1n) is 6.20. The highest BCUT2D eigenvalue weighted by molar-refractivity contribution is 5.73. The first-order chi connectivity index (χ1) is 8.01. The van der Waals surface area contributed by atoms with Crippen molar-refractivity contribution in [2.24, 2.45) is 5.41 Å². The van der Waals surface area contributed by atoms with E-state index in [0.717, 1.165) is 45.4 Å². The van der Waals surface area contributed by atoms with E-state index in [2.05, 4.69) is 0 Å². The van der Waals surface area contributed by atoms with Crippen molar-refractivity contribution in [2.45, 2.75) is 26.2 Å². The maximum absolute atomic E-state index is 11.2. The molecular formula is C12H20N2O3. The second kappa shape index (κ2) is 4.64. The number of likely N-dealkylation sites (tertiary alicyclic amines) is 2. The number of piperidine rings is 1. The number of carbonyl (C=O) groups is 2. The molecular weight excluding hydrogens is 220 g/mol. The molecule has 2 rings (SSSR count). The van der Waals surface area contributed by atoms with Gasteiger partial charge in [0.25, 0.3) is 0 Å². The molecule has 0 radical (unpaired) electrons. The lowest BCUT2D eigenvalue weighted by Gasteiger charge is -2.39. The van der Waals surface area contributed by atoms with Gasteiger partial charge >= 0.3 is 5.97 Å². The number of carbonyl (C=O) groups excluding carboxylic acids is 1. The molecule has 17 heavy (non-hydrogen) atoms. The molecule has 5 nitrogen and oxygen atoms in total. The highest BCUT2D eigenvalue weighted by atomic mass is 16.4. The largest absolute Gasteiger partial charge is 0.480 e. The summed E-state index contributed by atoms with van der Waals surface area (Å²) in [5, 5.41) is 8.78. The van der Waals surface area contributed by atoms with Gasteiger partial charge in [-0.3, -0.25) is 14.5 Å². The third kappa shape index (κ3) is 2.77. The SMILES string of the molecule is CC(=O)N1CCC2(CCN(CC(=O)O)C2)CC1. The van der Waals surface area contributed by atoms with Crippen LogP contribution in [0.25, 0.3) is 0 Å². The van der Waals surface area contributed by atoms with Crippen molar-refractivity contribution in [1.82, 2.24) is 9.80 Å². The summed E-state index contributed by atoms with van der Waals surface area (Å²) >= 11 is 0. The molecule has 5 heteroatoms. The van der Waals surface area contributed by atoms with Gasteiger partial charge in [-0.25, -0.2) is 0 Å². The van der Waals surface area contributed by atoms with Gasteiger partial charge in [-0.1, -0.05) is 0 Å². The second-order valence-electron chi connectivity index (χ2n) is 5.36. The lowest BCUT2D eigenvalue weighted by molar-refractivity contribution is -0.138. The molecule has 0 aromatic heterocycles. The predicted molar refractivity (Wildman–Crippen MR) is 62.6 cm³/mol. The monoisotopic (exact) mass is 240 g/mol. The normalized spacial score (nSPS) is 24.2. The molecule has 1 N–H and O–H groups in total. The summed E-state index contributed by atoms with van der Waals surface area (Å²) in [7, 11) is 0. The zero-order valence-corrected chi connectivity index (χ0v) is 10.3. The Morgan fingerprint density at radius 3 is 2.29 bits per heavy atom. The smallest absolute Gasteiger partial charge is 0.317 e. The standard InChI is InChI=1S/C12H20N2O3/c1-10(15)14-6-3-12(4-7-14)2-5-13(9-12)8-11(16)17/h2-9H2,1H3,(H,16,17). The lowest BCUT2D eigenvalue weighted by atomic mass is 9.78. The van der Waals surface area contributed by atoms with Gasteiger partial charge in [-0.2, -0.15) is 0 Å². The molecule has 0 atom stereocenters. The van der Waals surface area contributed by atoms with Crippen LogP contribution in [0.2, 0.25) is 0 Å². The van der Waals surface area contributed by atoms with E-state index in [1.807, 2.05) is 9.80 Å². The van der Waals surface area contributed by atoms with E-state index in [1.54, 1.807) is 6.92 Å². The molecule has 2 heterocycles. The van der Waals surface area contributed by atoms with Gasteiger partial charge in [0.2, 0.25) is 5.91 Å². The van der Waals surface area contributed by atoms with E-state index >= 15 is 0 Å². The molecule has 2 saturated heterocycles. The van der Waals surface area contributed by atoms with Crippen molar-refractivity contribution in [3.8, 4) is 0 Å². The average Bonchev–Trinajstić information content (AvgIpc) is 2.61. The van der Waals surface area contributed by atoms with E-state index < -0.39 is 5.97 Å². The summed E-state index contributed by atoms with van der Waals surface area (Å²) in [6.45, 7) is 5.19. The number of hydrogen-bond donors (Lipinski definition) is 1. The molecule has 0 aliphatic carbocycles. The van der Waals surface area contributed by atoms with Crippen LogP contribution in [-0.4, -0.2) is 59.5 Å². The van der Waals surface area contributed by atoms with Gasteiger partial charge in [0, 0.05) is 26.6 Å². The zero-order valence-electron chi connectivity index (χ0n) is 10.3. The minimum atomic E-state index is -0.747. The van der Waals surface area contributed by atoms with Crippen molar-refractivity contribution < 1.29 is 14.7 Å². The molecule has 0 aromatic rings. The molecule has 0 aromatic carbocycles. The fourth-order valence-electron chi connectivity index (χ4n) is 3.06. The van der Waals surface area contributed by atoms with E-state index in [0.29, 0.717) is 0 Å². The van der Waals surface area contributed by atoms with Crippen molar-refractivity contribution in [1.29, 1.82) is 0 Å². The number of hydrogen-bond acceptors (Lipinski definition) is 3. The van der Waals surface area contributed by atoms with Crippen LogP contribution in [0.3, 0.4) is 0 Å². The minimum absolute atomic E-state index is 0.151.